The fourth-order valence-corrected chi connectivity index (χ4v) is 1.63. The monoisotopic (exact) mass is 269 g/mol. The first-order valence-corrected chi connectivity index (χ1v) is 6.11. The first-order chi connectivity index (χ1) is 9.29. The van der Waals surface area contributed by atoms with Gasteiger partial charge in [-0.25, -0.2) is 0 Å². The normalized spacial score (nSPS) is 10.5. The van der Waals surface area contributed by atoms with Gasteiger partial charge >= 0.3 is 0 Å². The molecule has 2 nitrogen and oxygen atoms in total. The molecule has 0 aliphatic heterocycles. The molecule has 0 unspecified atom stereocenters. The predicted octanol–water partition coefficient (Wildman–Crippen LogP) is 3.74. The largest absolute Gasteiger partial charge is 0.398 e. The van der Waals surface area contributed by atoms with Crippen molar-refractivity contribution in [1.82, 2.24) is 0 Å². The average Bonchev–Trinajstić information content (AvgIpc) is 2.46. The second-order valence-electron chi connectivity index (χ2n) is 3.75. The molecule has 3 heteroatoms. The maximum Gasteiger partial charge on any atom is 0.160 e. The van der Waals surface area contributed by atoms with Crippen molar-refractivity contribution in [2.45, 2.75) is 0 Å². The van der Waals surface area contributed by atoms with Gasteiger partial charge in [0.25, 0.3) is 0 Å². The molecule has 0 amide bonds. The topological polar surface area (TPSA) is 21.6 Å². The molecule has 2 aromatic carbocycles. The van der Waals surface area contributed by atoms with Crippen LogP contribution in [-0.4, -0.2) is 12.8 Å². The molecule has 0 saturated heterocycles. The lowest BCUT2D eigenvalue weighted by Crippen LogP contribution is -1.98. The number of halogens is 1. The molecular formula is C16H12ClNO. The third-order valence-corrected chi connectivity index (χ3v) is 2.65. The van der Waals surface area contributed by atoms with Crippen LogP contribution >= 0.6 is 11.6 Å². The zero-order chi connectivity index (χ0) is 13.5. The van der Waals surface area contributed by atoms with Gasteiger partial charge < -0.3 is 4.84 Å². The molecule has 0 saturated carbocycles. The van der Waals surface area contributed by atoms with Crippen molar-refractivity contribution >= 4 is 17.3 Å². The highest BCUT2D eigenvalue weighted by Crippen LogP contribution is 2.10. The van der Waals surface area contributed by atoms with E-state index in [4.69, 9.17) is 16.4 Å². The number of hydrogen-bond donors (Lipinski definition) is 0. The van der Waals surface area contributed by atoms with Gasteiger partial charge in [-0.1, -0.05) is 53.0 Å². The Morgan fingerprint density at radius 3 is 2.37 bits per heavy atom. The molecule has 2 rings (SSSR count). The zero-order valence-corrected chi connectivity index (χ0v) is 11.2. The van der Waals surface area contributed by atoms with E-state index in [-0.39, 0.29) is 0 Å². The third-order valence-electron chi connectivity index (χ3n) is 2.40. The summed E-state index contributed by atoms with van der Waals surface area (Å²) in [6.07, 6.45) is 0. The van der Waals surface area contributed by atoms with Gasteiger partial charge in [0.05, 0.1) is 0 Å². The summed E-state index contributed by atoms with van der Waals surface area (Å²) < 4.78 is 0. The maximum atomic E-state index is 5.86. The summed E-state index contributed by atoms with van der Waals surface area (Å²) in [7, 11) is 1.50. The molecule has 0 heterocycles. The van der Waals surface area contributed by atoms with Crippen molar-refractivity contribution in [1.29, 1.82) is 0 Å². The Labute approximate surface area is 117 Å². The fourth-order valence-electron chi connectivity index (χ4n) is 1.50. The summed E-state index contributed by atoms with van der Waals surface area (Å²) in [6.45, 7) is 0. The summed E-state index contributed by atoms with van der Waals surface area (Å²) in [4.78, 5) is 4.83. The highest BCUT2D eigenvalue weighted by Gasteiger charge is 2.00. The molecule has 0 aliphatic rings. The van der Waals surface area contributed by atoms with Crippen molar-refractivity contribution in [2.75, 3.05) is 7.11 Å². The maximum absolute atomic E-state index is 5.86. The average molecular weight is 270 g/mol. The van der Waals surface area contributed by atoms with Gasteiger partial charge in [0, 0.05) is 16.1 Å². The fraction of sp³-hybridized carbons (Fsp3) is 0.0625. The number of hydrogen-bond acceptors (Lipinski definition) is 2. The number of oxime groups is 1. The molecular weight excluding hydrogens is 258 g/mol. The Kier molecular flexibility index (Phi) is 4.60. The van der Waals surface area contributed by atoms with Gasteiger partial charge in [-0.15, -0.1) is 0 Å². The van der Waals surface area contributed by atoms with E-state index >= 15 is 0 Å². The Morgan fingerprint density at radius 2 is 1.74 bits per heavy atom. The second-order valence-corrected chi connectivity index (χ2v) is 4.18. The van der Waals surface area contributed by atoms with Crippen molar-refractivity contribution in [3.63, 3.8) is 0 Å². The Hall–Kier alpha value is -2.24. The molecule has 0 fully saturated rings. The minimum absolute atomic E-state index is 0.572. The minimum Gasteiger partial charge on any atom is -0.398 e. The van der Waals surface area contributed by atoms with Crippen LogP contribution in [0.1, 0.15) is 11.1 Å². The first-order valence-electron chi connectivity index (χ1n) is 5.74. The van der Waals surface area contributed by atoms with E-state index in [0.29, 0.717) is 10.7 Å². The minimum atomic E-state index is 0.572. The van der Waals surface area contributed by atoms with E-state index in [1.54, 1.807) is 12.1 Å². The standard InChI is InChI=1S/C16H12ClNO/c1-19-18-16(14-8-10-15(17)11-9-14)12-7-13-5-3-2-4-6-13/h2-6,8-11H,1H3/b18-16-. The van der Waals surface area contributed by atoms with Crippen molar-refractivity contribution in [2.24, 2.45) is 5.16 Å². The molecule has 19 heavy (non-hydrogen) atoms. The Bertz CT molecular complexity index is 621. The van der Waals surface area contributed by atoms with Crippen LogP contribution in [-0.2, 0) is 4.84 Å². The predicted molar refractivity (Wildman–Crippen MR) is 78.3 cm³/mol. The van der Waals surface area contributed by atoms with E-state index in [2.05, 4.69) is 17.0 Å². The highest BCUT2D eigenvalue weighted by atomic mass is 35.5. The van der Waals surface area contributed by atoms with Crippen LogP contribution < -0.4 is 0 Å². The van der Waals surface area contributed by atoms with Crippen LogP contribution in [0.25, 0.3) is 0 Å². The summed E-state index contributed by atoms with van der Waals surface area (Å²) >= 11 is 5.86. The van der Waals surface area contributed by atoms with Gasteiger partial charge in [0.2, 0.25) is 0 Å². The Balaban J connectivity index is 2.30. The lowest BCUT2D eigenvalue weighted by atomic mass is 10.1. The van der Waals surface area contributed by atoms with E-state index in [9.17, 15) is 0 Å². The van der Waals surface area contributed by atoms with Crippen LogP contribution in [0.5, 0.6) is 0 Å². The summed E-state index contributed by atoms with van der Waals surface area (Å²) in [6, 6.07) is 17.0. The molecule has 94 valence electrons. The first kappa shape index (κ1) is 13.2. The van der Waals surface area contributed by atoms with Crippen LogP contribution in [0.15, 0.2) is 59.8 Å². The van der Waals surface area contributed by atoms with Gasteiger partial charge in [-0.05, 0) is 30.2 Å². The lowest BCUT2D eigenvalue weighted by Gasteiger charge is -1.98. The van der Waals surface area contributed by atoms with Crippen LogP contribution in [0.2, 0.25) is 5.02 Å². The molecule has 0 atom stereocenters. The van der Waals surface area contributed by atoms with Crippen LogP contribution in [0.4, 0.5) is 0 Å². The molecule has 0 aliphatic carbocycles. The molecule has 0 aromatic heterocycles. The lowest BCUT2D eigenvalue weighted by molar-refractivity contribution is 0.214. The molecule has 0 radical (unpaired) electrons. The van der Waals surface area contributed by atoms with Crippen LogP contribution in [0.3, 0.4) is 0 Å². The van der Waals surface area contributed by atoms with Gasteiger partial charge in [0.1, 0.15) is 7.11 Å². The molecule has 2 aromatic rings. The smallest absolute Gasteiger partial charge is 0.160 e. The highest BCUT2D eigenvalue weighted by molar-refractivity contribution is 6.30. The number of rotatable bonds is 2. The van der Waals surface area contributed by atoms with Crippen molar-refractivity contribution in [3.05, 3.63) is 70.7 Å². The summed E-state index contributed by atoms with van der Waals surface area (Å²) in [5.41, 5.74) is 2.37. The van der Waals surface area contributed by atoms with E-state index in [0.717, 1.165) is 11.1 Å². The zero-order valence-electron chi connectivity index (χ0n) is 10.4. The number of nitrogens with zero attached hydrogens (tertiary/aromatic N) is 1. The van der Waals surface area contributed by atoms with E-state index in [1.165, 1.54) is 7.11 Å². The van der Waals surface area contributed by atoms with Gasteiger partial charge in [-0.3, -0.25) is 0 Å². The summed E-state index contributed by atoms with van der Waals surface area (Å²) in [5, 5.41) is 4.62. The quantitative estimate of drug-likeness (QED) is 0.462. The van der Waals surface area contributed by atoms with Crippen molar-refractivity contribution < 1.29 is 4.84 Å². The van der Waals surface area contributed by atoms with E-state index in [1.807, 2.05) is 42.5 Å². The van der Waals surface area contributed by atoms with Crippen LogP contribution in [0, 0.1) is 11.8 Å². The SMILES string of the molecule is CO/N=C(/C#Cc1ccccc1)c1ccc(Cl)cc1. The third kappa shape index (κ3) is 3.87. The molecule has 0 N–H and O–H groups in total. The Morgan fingerprint density at radius 1 is 1.05 bits per heavy atom. The number of benzene rings is 2. The second kappa shape index (κ2) is 6.63. The van der Waals surface area contributed by atoms with Crippen molar-refractivity contribution in [3.8, 4) is 11.8 Å². The summed E-state index contributed by atoms with van der Waals surface area (Å²) in [5.74, 6) is 6.05. The van der Waals surface area contributed by atoms with Gasteiger partial charge in [0.15, 0.2) is 5.71 Å². The van der Waals surface area contributed by atoms with E-state index < -0.39 is 0 Å². The van der Waals surface area contributed by atoms with Gasteiger partial charge in [-0.2, -0.15) is 0 Å². The molecule has 0 spiro atoms. The molecule has 0 bridgehead atoms.